The predicted octanol–water partition coefficient (Wildman–Crippen LogP) is 2.41. The van der Waals surface area contributed by atoms with E-state index < -0.39 is 23.5 Å². The van der Waals surface area contributed by atoms with Crippen LogP contribution in [0, 0.1) is 0 Å². The van der Waals surface area contributed by atoms with Gasteiger partial charge in [0.2, 0.25) is 5.78 Å². The van der Waals surface area contributed by atoms with Gasteiger partial charge in [0, 0.05) is 5.57 Å². The van der Waals surface area contributed by atoms with Crippen molar-refractivity contribution >= 4 is 17.4 Å². The Morgan fingerprint density at radius 2 is 1.50 bits per heavy atom. The fraction of sp³-hybridized carbons (Fsp3) is 0.267. The van der Waals surface area contributed by atoms with Crippen molar-refractivity contribution in [1.29, 1.82) is 0 Å². The molecule has 1 heterocycles. The number of ketones is 1. The Morgan fingerprint density at radius 1 is 0.889 bits per heavy atom. The second kappa shape index (κ2) is 11.7. The number of likely N-dealkylation sites (N-methyl/N-ethyl adjacent to an activating group) is 1. The van der Waals surface area contributed by atoms with Gasteiger partial charge in [-0.2, -0.15) is 0 Å². The standard InChI is InChI=1S/C30H32N2O4/c1-3-31(4-2)19-20-32-27(23-13-9-6-10-14-23)26(29(34)30(32)35)28(33)24-15-17-25(18-16-24)36-21-22-11-7-5-8-12-22/h5-18,27,33H,3-4,19-21H2,1-2H3/b28-26+. The van der Waals surface area contributed by atoms with Gasteiger partial charge in [0.1, 0.15) is 12.4 Å². The number of rotatable bonds is 10. The minimum atomic E-state index is -0.715. The van der Waals surface area contributed by atoms with E-state index in [1.165, 1.54) is 4.90 Å². The third kappa shape index (κ3) is 5.50. The lowest BCUT2D eigenvalue weighted by Crippen LogP contribution is -3.12. The number of hydrogen-bond acceptors (Lipinski definition) is 4. The van der Waals surface area contributed by atoms with Crippen molar-refractivity contribution in [3.05, 3.63) is 107 Å². The molecule has 1 atom stereocenters. The van der Waals surface area contributed by atoms with E-state index >= 15 is 0 Å². The molecule has 36 heavy (non-hydrogen) atoms. The molecule has 0 spiro atoms. The number of nitrogens with one attached hydrogen (secondary N) is 1. The molecule has 1 aliphatic heterocycles. The van der Waals surface area contributed by atoms with Crippen LogP contribution in [-0.4, -0.2) is 42.8 Å². The molecule has 1 amide bonds. The summed E-state index contributed by atoms with van der Waals surface area (Å²) >= 11 is 0. The molecule has 1 saturated heterocycles. The summed E-state index contributed by atoms with van der Waals surface area (Å²) in [6.45, 7) is 7.58. The molecule has 4 rings (SSSR count). The Hall–Kier alpha value is -3.90. The maximum atomic E-state index is 13.6. The quantitative estimate of drug-likeness (QED) is 0.273. The SMILES string of the molecule is CC[NH+](CC)CCN1C(=O)C(=O)/C(=C(/[O-])c2ccc(OCc3ccccc3)cc2)C1c1ccccc1. The van der Waals surface area contributed by atoms with Gasteiger partial charge in [-0.05, 0) is 42.7 Å². The highest BCUT2D eigenvalue weighted by Gasteiger charge is 2.44. The molecular formula is C30H32N2O4. The summed E-state index contributed by atoms with van der Waals surface area (Å²) in [5.74, 6) is -1.12. The average molecular weight is 485 g/mol. The maximum Gasteiger partial charge on any atom is 0.295 e. The summed E-state index contributed by atoms with van der Waals surface area (Å²) in [5, 5.41) is 13.6. The number of likely N-dealkylation sites (tertiary alicyclic amines) is 1. The molecule has 3 aromatic carbocycles. The lowest BCUT2D eigenvalue weighted by molar-refractivity contribution is -0.895. The number of hydrogen-bond donors (Lipinski definition) is 1. The molecule has 1 fully saturated rings. The van der Waals surface area contributed by atoms with Crippen LogP contribution in [0.2, 0.25) is 0 Å². The Bertz CT molecular complexity index is 1200. The van der Waals surface area contributed by atoms with Crippen molar-refractivity contribution in [2.45, 2.75) is 26.5 Å². The normalized spacial score (nSPS) is 17.1. The van der Waals surface area contributed by atoms with Crippen LogP contribution >= 0.6 is 0 Å². The highest BCUT2D eigenvalue weighted by atomic mass is 16.5. The van der Waals surface area contributed by atoms with Gasteiger partial charge in [-0.3, -0.25) is 9.59 Å². The summed E-state index contributed by atoms with van der Waals surface area (Å²) < 4.78 is 5.82. The third-order valence-electron chi connectivity index (χ3n) is 6.72. The van der Waals surface area contributed by atoms with Gasteiger partial charge in [0.15, 0.2) is 0 Å². The van der Waals surface area contributed by atoms with Crippen molar-refractivity contribution in [1.82, 2.24) is 4.90 Å². The first-order chi connectivity index (χ1) is 17.5. The number of benzene rings is 3. The molecule has 0 saturated carbocycles. The fourth-order valence-corrected chi connectivity index (χ4v) is 4.56. The third-order valence-corrected chi connectivity index (χ3v) is 6.72. The van der Waals surface area contributed by atoms with E-state index in [2.05, 4.69) is 13.8 Å². The highest BCUT2D eigenvalue weighted by Crippen LogP contribution is 2.38. The van der Waals surface area contributed by atoms with Gasteiger partial charge in [-0.15, -0.1) is 0 Å². The molecule has 0 aliphatic carbocycles. The largest absolute Gasteiger partial charge is 0.872 e. The summed E-state index contributed by atoms with van der Waals surface area (Å²) in [6, 6.07) is 25.2. The van der Waals surface area contributed by atoms with Gasteiger partial charge in [0.25, 0.3) is 5.91 Å². The zero-order valence-electron chi connectivity index (χ0n) is 20.8. The predicted molar refractivity (Wildman–Crippen MR) is 137 cm³/mol. The molecule has 1 N–H and O–H groups in total. The van der Waals surface area contributed by atoms with Gasteiger partial charge >= 0.3 is 0 Å². The van der Waals surface area contributed by atoms with E-state index in [-0.39, 0.29) is 5.57 Å². The van der Waals surface area contributed by atoms with Crippen molar-refractivity contribution < 1.29 is 24.3 Å². The second-order valence-electron chi connectivity index (χ2n) is 8.89. The number of quaternary nitrogens is 1. The average Bonchev–Trinajstić information content (AvgIpc) is 3.18. The molecule has 0 aromatic heterocycles. The number of carbonyl (C=O) groups excluding carboxylic acids is 2. The van der Waals surface area contributed by atoms with E-state index in [1.807, 2.05) is 60.7 Å². The van der Waals surface area contributed by atoms with Crippen LogP contribution in [0.25, 0.3) is 5.76 Å². The van der Waals surface area contributed by atoms with E-state index in [9.17, 15) is 14.7 Å². The Labute approximate surface area is 212 Å². The van der Waals surface area contributed by atoms with Gasteiger partial charge < -0.3 is 19.6 Å². The zero-order chi connectivity index (χ0) is 25.5. The summed E-state index contributed by atoms with van der Waals surface area (Å²) in [4.78, 5) is 29.1. The van der Waals surface area contributed by atoms with Gasteiger partial charge in [-0.1, -0.05) is 78.6 Å². The molecule has 1 aliphatic rings. The molecular weight excluding hydrogens is 452 g/mol. The number of carbonyl (C=O) groups is 2. The first kappa shape index (κ1) is 25.2. The molecule has 0 radical (unpaired) electrons. The first-order valence-electron chi connectivity index (χ1n) is 12.5. The first-order valence-corrected chi connectivity index (χ1v) is 12.5. The monoisotopic (exact) mass is 484 g/mol. The lowest BCUT2D eigenvalue weighted by Gasteiger charge is -2.28. The number of ether oxygens (including phenoxy) is 1. The molecule has 1 unspecified atom stereocenters. The minimum absolute atomic E-state index is 0.0127. The van der Waals surface area contributed by atoms with E-state index in [0.29, 0.717) is 31.0 Å². The maximum absolute atomic E-state index is 13.6. The van der Waals surface area contributed by atoms with Crippen molar-refractivity contribution in [3.8, 4) is 5.75 Å². The summed E-state index contributed by atoms with van der Waals surface area (Å²) in [5.41, 5.74) is 2.17. The van der Waals surface area contributed by atoms with Crippen molar-refractivity contribution in [3.63, 3.8) is 0 Å². The van der Waals surface area contributed by atoms with Crippen LogP contribution in [0.5, 0.6) is 5.75 Å². The van der Waals surface area contributed by atoms with Crippen molar-refractivity contribution in [2.75, 3.05) is 26.2 Å². The van der Waals surface area contributed by atoms with Gasteiger partial charge in [-0.25, -0.2) is 0 Å². The van der Waals surface area contributed by atoms with Gasteiger partial charge in [0.05, 0.1) is 32.2 Å². The van der Waals surface area contributed by atoms with Crippen molar-refractivity contribution in [2.24, 2.45) is 0 Å². The zero-order valence-corrected chi connectivity index (χ0v) is 20.8. The Kier molecular flexibility index (Phi) is 8.18. The van der Waals surface area contributed by atoms with Crippen LogP contribution in [0.3, 0.4) is 0 Å². The number of Topliss-reactive ketones (excluding diaryl/α,β-unsaturated/α-hetero) is 1. The summed E-state index contributed by atoms with van der Waals surface area (Å²) in [7, 11) is 0. The molecule has 6 nitrogen and oxygen atoms in total. The number of nitrogens with zero attached hydrogens (tertiary/aromatic N) is 1. The molecule has 6 heteroatoms. The van der Waals surface area contributed by atoms with Crippen LogP contribution < -0.4 is 14.7 Å². The van der Waals surface area contributed by atoms with Crippen LogP contribution in [0.4, 0.5) is 0 Å². The van der Waals surface area contributed by atoms with E-state index in [4.69, 9.17) is 4.74 Å². The fourth-order valence-electron chi connectivity index (χ4n) is 4.56. The molecule has 3 aromatic rings. The number of amides is 1. The van der Waals surface area contributed by atoms with E-state index in [1.54, 1.807) is 29.2 Å². The smallest absolute Gasteiger partial charge is 0.295 e. The Balaban J connectivity index is 1.62. The molecule has 0 bridgehead atoms. The van der Waals surface area contributed by atoms with E-state index in [0.717, 1.165) is 24.2 Å². The molecule has 186 valence electrons. The Morgan fingerprint density at radius 3 is 2.11 bits per heavy atom. The topological polar surface area (TPSA) is 74.1 Å². The minimum Gasteiger partial charge on any atom is -0.872 e. The van der Waals surface area contributed by atoms with Crippen LogP contribution in [0.15, 0.2) is 90.5 Å². The highest BCUT2D eigenvalue weighted by molar-refractivity contribution is 6.46. The van der Waals surface area contributed by atoms with Crippen LogP contribution in [0.1, 0.15) is 36.6 Å². The van der Waals surface area contributed by atoms with Crippen LogP contribution in [-0.2, 0) is 16.2 Å². The lowest BCUT2D eigenvalue weighted by atomic mass is 9.95. The second-order valence-corrected chi connectivity index (χ2v) is 8.89. The summed E-state index contributed by atoms with van der Waals surface area (Å²) in [6.07, 6.45) is 0.